The summed E-state index contributed by atoms with van der Waals surface area (Å²) in [6.45, 7) is 1.15. The van der Waals surface area contributed by atoms with Crippen LogP contribution in [0.4, 0.5) is 0 Å². The zero-order chi connectivity index (χ0) is 3.41. The summed E-state index contributed by atoms with van der Waals surface area (Å²) in [7, 11) is 0.151. The fraction of sp³-hybridized carbons (Fsp3) is 0. The molecule has 0 rings (SSSR count). The van der Waals surface area contributed by atoms with Crippen LogP contribution < -0.4 is 5.64 Å². The van der Waals surface area contributed by atoms with Gasteiger partial charge in [0, 0.05) is 0 Å². The van der Waals surface area contributed by atoms with Gasteiger partial charge in [-0.15, -0.1) is 0 Å². The van der Waals surface area contributed by atoms with Crippen molar-refractivity contribution in [2.45, 2.75) is 0 Å². The van der Waals surface area contributed by atoms with Crippen LogP contribution in [0.2, 0.25) is 0 Å². The van der Waals surface area contributed by atoms with E-state index in [-0.39, 0.29) is 8.30 Å². The van der Waals surface area contributed by atoms with E-state index in [9.17, 15) is 0 Å². The Bertz CT molecular complexity index is 23.2. The average Bonchev–Trinajstić information content (AvgIpc) is 1.37. The number of hydrogen-bond acceptors (Lipinski definition) is 1. The van der Waals surface area contributed by atoms with Gasteiger partial charge < -0.3 is 0 Å². The van der Waals surface area contributed by atoms with Crippen LogP contribution in [0, 0.1) is 0 Å². The molecule has 22 valence electrons. The van der Waals surface area contributed by atoms with Gasteiger partial charge >= 0.3 is 25.6 Å². The van der Waals surface area contributed by atoms with Crippen molar-refractivity contribution in [3.8, 4) is 0 Å². The summed E-state index contributed by atoms with van der Waals surface area (Å²) >= 11 is 0. The quantitative estimate of drug-likeness (QED) is 0.296. The van der Waals surface area contributed by atoms with Gasteiger partial charge in [0.05, 0.1) is 0 Å². The van der Waals surface area contributed by atoms with Crippen LogP contribution in [-0.4, -0.2) is 11.6 Å². The summed E-state index contributed by atoms with van der Waals surface area (Å²) in [5, 5.41) is 0. The SMILES string of the molecule is NB=PO. The zero-order valence-corrected chi connectivity index (χ0v) is 2.94. The molecule has 0 bridgehead atoms. The minimum atomic E-state index is 0.151. The van der Waals surface area contributed by atoms with Crippen molar-refractivity contribution in [3.63, 3.8) is 0 Å². The Morgan fingerprint density at radius 3 is 2.25 bits per heavy atom. The van der Waals surface area contributed by atoms with E-state index in [4.69, 9.17) is 4.89 Å². The Morgan fingerprint density at radius 1 is 2.00 bits per heavy atom. The summed E-state index contributed by atoms with van der Waals surface area (Å²) in [6, 6.07) is 0. The first kappa shape index (κ1) is 4.28. The second-order valence-electron chi connectivity index (χ2n) is 0.265. The second kappa shape index (κ2) is 3.28. The average molecular weight is 74.8 g/mol. The third-order valence-corrected chi connectivity index (χ3v) is 0.200. The molecule has 4 heavy (non-hydrogen) atoms. The molecule has 0 aromatic rings. The Hall–Kier alpha value is 0.285. The van der Waals surface area contributed by atoms with Crippen molar-refractivity contribution in [1.82, 2.24) is 0 Å². The first-order chi connectivity index (χ1) is 1.91. The number of nitrogens with two attached hydrogens (primary N) is 1. The van der Waals surface area contributed by atoms with Crippen molar-refractivity contribution in [2.24, 2.45) is 5.64 Å². The van der Waals surface area contributed by atoms with Crippen LogP contribution in [0.5, 0.6) is 0 Å². The van der Waals surface area contributed by atoms with Crippen molar-refractivity contribution < 1.29 is 4.89 Å². The van der Waals surface area contributed by atoms with Gasteiger partial charge in [0.1, 0.15) is 0 Å². The van der Waals surface area contributed by atoms with E-state index in [0.29, 0.717) is 0 Å². The summed E-state index contributed by atoms with van der Waals surface area (Å²) in [6.07, 6.45) is 0. The summed E-state index contributed by atoms with van der Waals surface area (Å²) in [5.74, 6) is 0. The van der Waals surface area contributed by atoms with E-state index in [1.165, 1.54) is 0 Å². The van der Waals surface area contributed by atoms with E-state index in [0.717, 1.165) is 6.75 Å². The van der Waals surface area contributed by atoms with Gasteiger partial charge in [-0.25, -0.2) is 0 Å². The standard InChI is InChI=1S/BH3NOP/c2-1-4-3/h3H,2H2. The molecule has 3 N–H and O–H groups in total. The molecule has 0 aromatic heterocycles. The Morgan fingerprint density at radius 2 is 2.25 bits per heavy atom. The third-order valence-electron chi connectivity index (χ3n) is 0.0667. The number of hydrogen-bond donors (Lipinski definition) is 2. The van der Waals surface area contributed by atoms with Crippen molar-refractivity contribution in [2.75, 3.05) is 0 Å². The first-order valence-electron chi connectivity index (χ1n) is 0.792. The first-order valence-corrected chi connectivity index (χ1v) is 1.71. The molecule has 0 heterocycles. The minimum absolute atomic E-state index is 0.151. The van der Waals surface area contributed by atoms with Gasteiger partial charge in [0.15, 0.2) is 0 Å². The molecule has 0 saturated carbocycles. The molecule has 0 aliphatic heterocycles. The molecular formula is H3BNOP. The van der Waals surface area contributed by atoms with Crippen LogP contribution in [0.1, 0.15) is 0 Å². The zero-order valence-electron chi connectivity index (χ0n) is 2.05. The molecule has 0 fully saturated rings. The predicted octanol–water partition coefficient (Wildman–Crippen LogP) is -0.667. The van der Waals surface area contributed by atoms with Gasteiger partial charge in [-0.05, 0) is 0 Å². The Balaban J connectivity index is 2.55. The molecule has 0 unspecified atom stereocenters. The van der Waals surface area contributed by atoms with Crippen LogP contribution in [0.25, 0.3) is 0 Å². The fourth-order valence-electron chi connectivity index (χ4n) is 0. The molecule has 2 nitrogen and oxygen atoms in total. The maximum absolute atomic E-state index is 7.67. The van der Waals surface area contributed by atoms with Crippen molar-refractivity contribution >= 4 is 15.1 Å². The normalized spacial score (nSPS) is 7.50. The molecule has 0 atom stereocenters. The van der Waals surface area contributed by atoms with Gasteiger partial charge in [-0.3, -0.25) is 0 Å². The number of rotatable bonds is 0. The van der Waals surface area contributed by atoms with Gasteiger partial charge in [-0.1, -0.05) is 0 Å². The summed E-state index contributed by atoms with van der Waals surface area (Å²) in [5.41, 5.74) is 4.64. The predicted molar refractivity (Wildman–Crippen MR) is 19.1 cm³/mol. The third kappa shape index (κ3) is 2.28. The van der Waals surface area contributed by atoms with E-state index in [1.807, 2.05) is 0 Å². The molecule has 0 aliphatic rings. The van der Waals surface area contributed by atoms with Crippen LogP contribution in [-0.2, 0) is 0 Å². The monoisotopic (exact) mass is 75.0 g/mol. The van der Waals surface area contributed by atoms with Gasteiger partial charge in [-0.2, -0.15) is 0 Å². The van der Waals surface area contributed by atoms with E-state index in [1.54, 1.807) is 0 Å². The summed E-state index contributed by atoms with van der Waals surface area (Å²) < 4.78 is 0. The Labute approximate surface area is 26.7 Å². The molecule has 0 saturated heterocycles. The topological polar surface area (TPSA) is 46.2 Å². The Kier molecular flexibility index (Phi) is 3.52. The molecular weight excluding hydrogens is 71.8 g/mol. The molecule has 0 aliphatic carbocycles. The maximum atomic E-state index is 7.67. The molecule has 0 spiro atoms. The van der Waals surface area contributed by atoms with Crippen LogP contribution >= 0.6 is 8.30 Å². The van der Waals surface area contributed by atoms with Gasteiger partial charge in [0.2, 0.25) is 0 Å². The molecule has 4 heteroatoms. The van der Waals surface area contributed by atoms with E-state index < -0.39 is 0 Å². The second-order valence-corrected chi connectivity index (χ2v) is 0.794. The van der Waals surface area contributed by atoms with Crippen LogP contribution in [0.3, 0.4) is 0 Å². The molecule has 0 radical (unpaired) electrons. The van der Waals surface area contributed by atoms with Crippen LogP contribution in [0.15, 0.2) is 0 Å². The van der Waals surface area contributed by atoms with Crippen molar-refractivity contribution in [3.05, 3.63) is 0 Å². The van der Waals surface area contributed by atoms with Gasteiger partial charge in [0.25, 0.3) is 0 Å². The van der Waals surface area contributed by atoms with E-state index >= 15 is 0 Å². The van der Waals surface area contributed by atoms with E-state index in [2.05, 4.69) is 5.64 Å². The fourth-order valence-corrected chi connectivity index (χ4v) is 0. The summed E-state index contributed by atoms with van der Waals surface area (Å²) in [4.78, 5) is 7.67. The molecule has 0 aromatic carbocycles. The molecule has 0 amide bonds. The van der Waals surface area contributed by atoms with Crippen molar-refractivity contribution in [1.29, 1.82) is 0 Å².